The highest BCUT2D eigenvalue weighted by Crippen LogP contribution is 2.42. The molecule has 0 bridgehead atoms. The molecule has 128 valence electrons. The first-order valence-corrected chi connectivity index (χ1v) is 9.45. The van der Waals surface area contributed by atoms with Crippen molar-refractivity contribution in [1.82, 2.24) is 0 Å². The Bertz CT molecular complexity index is 692. The second kappa shape index (κ2) is 7.19. The molecule has 0 aromatic heterocycles. The van der Waals surface area contributed by atoms with E-state index in [1.54, 1.807) is 0 Å². The molecule has 2 aromatic rings. The maximum atomic E-state index is 6.51. The van der Waals surface area contributed by atoms with Crippen LogP contribution in [0, 0.1) is 11.8 Å². The molecule has 0 amide bonds. The lowest BCUT2D eigenvalue weighted by atomic mass is 9.87. The van der Waals surface area contributed by atoms with Crippen molar-refractivity contribution in [2.24, 2.45) is 11.8 Å². The molecule has 0 radical (unpaired) electrons. The summed E-state index contributed by atoms with van der Waals surface area (Å²) in [6, 6.07) is 17.2. The van der Waals surface area contributed by atoms with Gasteiger partial charge in [-0.2, -0.15) is 0 Å². The molecule has 0 fully saturated rings. The number of nitrogens with zero attached hydrogens (tertiary/aromatic N) is 1. The highest BCUT2D eigenvalue weighted by atomic mass is 35.5. The Morgan fingerprint density at radius 2 is 1.67 bits per heavy atom. The van der Waals surface area contributed by atoms with Crippen LogP contribution in [-0.4, -0.2) is 13.1 Å². The van der Waals surface area contributed by atoms with E-state index < -0.39 is 0 Å². The lowest BCUT2D eigenvalue weighted by molar-refractivity contribution is 0.469. The number of hydrogen-bond donors (Lipinski definition) is 0. The van der Waals surface area contributed by atoms with Crippen molar-refractivity contribution in [2.45, 2.75) is 39.5 Å². The van der Waals surface area contributed by atoms with Gasteiger partial charge in [-0.05, 0) is 35.1 Å². The molecular formula is C22H28ClN. The maximum absolute atomic E-state index is 6.51. The normalized spacial score (nSPS) is 18.3. The van der Waals surface area contributed by atoms with Crippen molar-refractivity contribution in [1.29, 1.82) is 0 Å². The van der Waals surface area contributed by atoms with Gasteiger partial charge in [0.2, 0.25) is 0 Å². The molecule has 24 heavy (non-hydrogen) atoms. The zero-order valence-corrected chi connectivity index (χ0v) is 15.9. The summed E-state index contributed by atoms with van der Waals surface area (Å²) in [6.07, 6.45) is 0. The fourth-order valence-corrected chi connectivity index (χ4v) is 4.22. The topological polar surface area (TPSA) is 3.24 Å². The highest BCUT2D eigenvalue weighted by molar-refractivity contribution is 6.31. The van der Waals surface area contributed by atoms with Crippen molar-refractivity contribution in [3.05, 3.63) is 64.7 Å². The predicted octanol–water partition coefficient (Wildman–Crippen LogP) is 6.34. The van der Waals surface area contributed by atoms with Crippen LogP contribution in [0.25, 0.3) is 0 Å². The van der Waals surface area contributed by atoms with Crippen LogP contribution in [0.4, 0.5) is 5.69 Å². The maximum Gasteiger partial charge on any atom is 0.0441 e. The van der Waals surface area contributed by atoms with Crippen molar-refractivity contribution in [2.75, 3.05) is 18.0 Å². The van der Waals surface area contributed by atoms with Crippen molar-refractivity contribution < 1.29 is 0 Å². The summed E-state index contributed by atoms with van der Waals surface area (Å²) >= 11 is 6.51. The summed E-state index contributed by atoms with van der Waals surface area (Å²) in [7, 11) is 0. The molecular weight excluding hydrogens is 314 g/mol. The van der Waals surface area contributed by atoms with E-state index in [1.807, 2.05) is 12.1 Å². The lowest BCUT2D eigenvalue weighted by Crippen LogP contribution is -2.30. The standard InChI is InChI=1S/C22H28ClN/c1-15(2)19(17-9-5-7-11-21(17)23)13-24-14-20(16(3)4)18-10-6-8-12-22(18)24/h5-12,15-16,19-20H,13-14H2,1-4H3. The number of fused-ring (bicyclic) bond motifs is 1. The number of rotatable bonds is 5. The van der Waals surface area contributed by atoms with Gasteiger partial charge < -0.3 is 4.90 Å². The molecule has 2 aromatic carbocycles. The summed E-state index contributed by atoms with van der Waals surface area (Å²) in [5.74, 6) is 2.28. The number of anilines is 1. The first-order chi connectivity index (χ1) is 11.5. The Labute approximate surface area is 151 Å². The quantitative estimate of drug-likeness (QED) is 0.613. The molecule has 0 saturated carbocycles. The van der Waals surface area contributed by atoms with E-state index in [-0.39, 0.29) is 0 Å². The summed E-state index contributed by atoms with van der Waals surface area (Å²) in [5.41, 5.74) is 4.20. The molecule has 2 atom stereocenters. The average molecular weight is 342 g/mol. The Kier molecular flexibility index (Phi) is 5.20. The predicted molar refractivity (Wildman–Crippen MR) is 105 cm³/mol. The van der Waals surface area contributed by atoms with Gasteiger partial charge in [-0.25, -0.2) is 0 Å². The molecule has 0 aliphatic carbocycles. The summed E-state index contributed by atoms with van der Waals surface area (Å²) in [6.45, 7) is 11.4. The van der Waals surface area contributed by atoms with Gasteiger partial charge in [0.05, 0.1) is 0 Å². The van der Waals surface area contributed by atoms with E-state index in [2.05, 4.69) is 69.0 Å². The third kappa shape index (κ3) is 3.32. The van der Waals surface area contributed by atoms with Crippen molar-refractivity contribution >= 4 is 17.3 Å². The molecule has 0 N–H and O–H groups in total. The zero-order chi connectivity index (χ0) is 17.3. The molecule has 0 spiro atoms. The van der Waals surface area contributed by atoms with Crippen LogP contribution in [-0.2, 0) is 0 Å². The monoisotopic (exact) mass is 341 g/mol. The summed E-state index contributed by atoms with van der Waals surface area (Å²) < 4.78 is 0. The molecule has 1 nitrogen and oxygen atoms in total. The number of para-hydroxylation sites is 1. The molecule has 2 heteroatoms. The first kappa shape index (κ1) is 17.4. The fraction of sp³-hybridized carbons (Fsp3) is 0.455. The smallest absolute Gasteiger partial charge is 0.0441 e. The van der Waals surface area contributed by atoms with Gasteiger partial charge in [-0.15, -0.1) is 0 Å². The van der Waals surface area contributed by atoms with Gasteiger partial charge in [-0.3, -0.25) is 0 Å². The zero-order valence-electron chi connectivity index (χ0n) is 15.2. The molecule has 1 aliphatic rings. The molecule has 1 heterocycles. The van der Waals surface area contributed by atoms with E-state index in [9.17, 15) is 0 Å². The SMILES string of the molecule is CC(C)C(CN1CC(C(C)C)c2ccccc21)c1ccccc1Cl. The lowest BCUT2D eigenvalue weighted by Gasteiger charge is -2.30. The third-order valence-electron chi connectivity index (χ3n) is 5.43. The fourth-order valence-electron chi connectivity index (χ4n) is 3.95. The molecule has 0 saturated heterocycles. The minimum absolute atomic E-state index is 0.442. The molecule has 1 aliphatic heterocycles. The first-order valence-electron chi connectivity index (χ1n) is 9.07. The minimum atomic E-state index is 0.442. The Hall–Kier alpha value is -1.47. The Morgan fingerprint density at radius 3 is 2.33 bits per heavy atom. The van der Waals surface area contributed by atoms with Crippen LogP contribution in [0.2, 0.25) is 5.02 Å². The van der Waals surface area contributed by atoms with E-state index in [1.165, 1.54) is 16.8 Å². The van der Waals surface area contributed by atoms with Gasteiger partial charge in [0, 0.05) is 35.6 Å². The van der Waals surface area contributed by atoms with E-state index >= 15 is 0 Å². The van der Waals surface area contributed by atoms with E-state index in [0.717, 1.165) is 18.1 Å². The van der Waals surface area contributed by atoms with Crippen LogP contribution in [0.5, 0.6) is 0 Å². The molecule has 2 unspecified atom stereocenters. The van der Waals surface area contributed by atoms with Crippen molar-refractivity contribution in [3.8, 4) is 0 Å². The van der Waals surface area contributed by atoms with Crippen LogP contribution >= 0.6 is 11.6 Å². The Morgan fingerprint density at radius 1 is 1.00 bits per heavy atom. The largest absolute Gasteiger partial charge is 0.370 e. The minimum Gasteiger partial charge on any atom is -0.370 e. The third-order valence-corrected chi connectivity index (χ3v) is 5.77. The summed E-state index contributed by atoms with van der Waals surface area (Å²) in [5, 5.41) is 0.893. The van der Waals surface area contributed by atoms with Crippen LogP contribution in [0.1, 0.15) is 50.7 Å². The van der Waals surface area contributed by atoms with Crippen LogP contribution < -0.4 is 4.90 Å². The van der Waals surface area contributed by atoms with Crippen molar-refractivity contribution in [3.63, 3.8) is 0 Å². The summed E-state index contributed by atoms with van der Waals surface area (Å²) in [4.78, 5) is 2.58. The van der Waals surface area contributed by atoms with Gasteiger partial charge >= 0.3 is 0 Å². The second-order valence-electron chi connectivity index (χ2n) is 7.69. The number of benzene rings is 2. The average Bonchev–Trinajstić information content (AvgIpc) is 2.92. The second-order valence-corrected chi connectivity index (χ2v) is 8.09. The van der Waals surface area contributed by atoms with Gasteiger partial charge in [-0.1, -0.05) is 75.7 Å². The molecule has 3 rings (SSSR count). The van der Waals surface area contributed by atoms with E-state index in [4.69, 9.17) is 11.6 Å². The Balaban J connectivity index is 1.90. The van der Waals surface area contributed by atoms with Gasteiger partial charge in [0.25, 0.3) is 0 Å². The number of halogens is 1. The number of hydrogen-bond acceptors (Lipinski definition) is 1. The van der Waals surface area contributed by atoms with E-state index in [0.29, 0.717) is 23.7 Å². The van der Waals surface area contributed by atoms with Crippen LogP contribution in [0.3, 0.4) is 0 Å². The van der Waals surface area contributed by atoms with Gasteiger partial charge in [0.1, 0.15) is 0 Å². The highest BCUT2D eigenvalue weighted by Gasteiger charge is 2.32. The van der Waals surface area contributed by atoms with Gasteiger partial charge in [0.15, 0.2) is 0 Å². The van der Waals surface area contributed by atoms with Crippen LogP contribution in [0.15, 0.2) is 48.5 Å².